The Balaban J connectivity index is 1.21. The van der Waals surface area contributed by atoms with Crippen molar-refractivity contribution in [2.24, 2.45) is 5.41 Å². The molecule has 3 aliphatic heterocycles. The van der Waals surface area contributed by atoms with E-state index in [1.165, 1.54) is 0 Å². The Morgan fingerprint density at radius 2 is 1.86 bits per heavy atom. The van der Waals surface area contributed by atoms with Gasteiger partial charge in [-0.05, 0) is 42.8 Å². The van der Waals surface area contributed by atoms with Gasteiger partial charge in [-0.2, -0.15) is 5.26 Å². The Morgan fingerprint density at radius 3 is 2.57 bits per heavy atom. The van der Waals surface area contributed by atoms with Crippen molar-refractivity contribution in [2.75, 3.05) is 56.6 Å². The van der Waals surface area contributed by atoms with Crippen molar-refractivity contribution in [3.63, 3.8) is 0 Å². The molecule has 6 rings (SSSR count). The van der Waals surface area contributed by atoms with Crippen LogP contribution in [-0.4, -0.2) is 82.3 Å². The summed E-state index contributed by atoms with van der Waals surface area (Å²) in [5.41, 5.74) is 3.64. The first kappa shape index (κ1) is 23.7. The Bertz CT molecular complexity index is 1430. The van der Waals surface area contributed by atoms with E-state index in [4.69, 9.17) is 11.6 Å². The third-order valence-corrected chi connectivity index (χ3v) is 7.75. The average Bonchev–Trinajstić information content (AvgIpc) is 3.13. The zero-order chi connectivity index (χ0) is 25.9. The molecular formula is C26H28ClN9O. The molecule has 1 spiro atoms. The molecule has 2 aromatic heterocycles. The first-order valence-electron chi connectivity index (χ1n) is 12.3. The molecule has 5 heterocycles. The van der Waals surface area contributed by atoms with Crippen molar-refractivity contribution in [3.8, 4) is 11.8 Å². The maximum atomic E-state index is 12.5. The van der Waals surface area contributed by atoms with Gasteiger partial charge in [-0.15, -0.1) is 10.2 Å². The second-order valence-corrected chi connectivity index (χ2v) is 11.0. The Labute approximate surface area is 220 Å². The van der Waals surface area contributed by atoms with Crippen molar-refractivity contribution < 1.29 is 4.79 Å². The summed E-state index contributed by atoms with van der Waals surface area (Å²) in [5, 5.41) is 19.0. The number of hydrogen-bond donors (Lipinski definition) is 0. The van der Waals surface area contributed by atoms with Crippen LogP contribution in [0.3, 0.4) is 0 Å². The fourth-order valence-corrected chi connectivity index (χ4v) is 5.77. The van der Waals surface area contributed by atoms with Gasteiger partial charge < -0.3 is 14.7 Å². The molecular weight excluding hydrogens is 490 g/mol. The van der Waals surface area contributed by atoms with Gasteiger partial charge in [-0.25, -0.2) is 4.98 Å². The number of amides is 1. The summed E-state index contributed by atoms with van der Waals surface area (Å²) in [6, 6.07) is 11.8. The van der Waals surface area contributed by atoms with Crippen LogP contribution in [0.5, 0.6) is 0 Å². The molecule has 2 fully saturated rings. The molecule has 190 valence electrons. The number of nitrogens with zero attached hydrogens (tertiary/aromatic N) is 9. The van der Waals surface area contributed by atoms with Crippen molar-refractivity contribution >= 4 is 29.3 Å². The van der Waals surface area contributed by atoms with Crippen molar-refractivity contribution in [1.29, 1.82) is 5.26 Å². The second-order valence-electron chi connectivity index (χ2n) is 10.6. The smallest absolute Gasteiger partial charge is 0.236 e. The van der Waals surface area contributed by atoms with Gasteiger partial charge in [-0.1, -0.05) is 11.6 Å². The lowest BCUT2D eigenvalue weighted by Crippen LogP contribution is -2.73. The molecule has 1 aromatic carbocycles. The third-order valence-electron chi connectivity index (χ3n) is 7.52. The summed E-state index contributed by atoms with van der Waals surface area (Å²) in [4.78, 5) is 25.3. The fraction of sp³-hybridized carbons (Fsp3) is 0.423. The number of nitriles is 1. The lowest BCUT2D eigenvalue weighted by atomic mass is 9.73. The molecule has 37 heavy (non-hydrogen) atoms. The number of anilines is 2. The molecule has 3 aromatic rings. The number of halogens is 1. The number of aryl methyl sites for hydroxylation is 1. The number of benzene rings is 1. The fourth-order valence-electron chi connectivity index (χ4n) is 5.57. The van der Waals surface area contributed by atoms with Gasteiger partial charge in [0.15, 0.2) is 5.82 Å². The van der Waals surface area contributed by atoms with Crippen LogP contribution in [0, 0.1) is 23.7 Å². The van der Waals surface area contributed by atoms with Crippen LogP contribution in [0.15, 0.2) is 30.3 Å². The van der Waals surface area contributed by atoms with Crippen molar-refractivity contribution in [2.45, 2.75) is 20.0 Å². The molecule has 0 unspecified atom stereocenters. The minimum absolute atomic E-state index is 0.0444. The zero-order valence-corrected chi connectivity index (χ0v) is 21.9. The summed E-state index contributed by atoms with van der Waals surface area (Å²) >= 11 is 6.36. The zero-order valence-electron chi connectivity index (χ0n) is 21.1. The SMILES string of the molecule is Cc1nc(N2CC3(C2)CN(c2nnc4n2-c2ccc(Cl)cc2CN(CC(=O)N(C)C)C4)C3)ccc1C#N. The van der Waals surface area contributed by atoms with E-state index in [2.05, 4.69) is 40.5 Å². The lowest BCUT2D eigenvalue weighted by Gasteiger charge is -2.60. The predicted molar refractivity (Wildman–Crippen MR) is 140 cm³/mol. The molecule has 1 amide bonds. The number of aromatic nitrogens is 4. The highest BCUT2D eigenvalue weighted by molar-refractivity contribution is 6.30. The van der Waals surface area contributed by atoms with Gasteiger partial charge in [0, 0.05) is 57.3 Å². The number of carbonyl (C=O) groups excluding carboxylic acids is 1. The number of fused-ring (bicyclic) bond motifs is 3. The molecule has 3 aliphatic rings. The minimum Gasteiger partial charge on any atom is -0.355 e. The maximum absolute atomic E-state index is 12.5. The Morgan fingerprint density at radius 1 is 1.11 bits per heavy atom. The van der Waals surface area contributed by atoms with E-state index >= 15 is 0 Å². The van der Waals surface area contributed by atoms with Gasteiger partial charge in [0.05, 0.1) is 30.0 Å². The first-order valence-corrected chi connectivity index (χ1v) is 12.7. The van der Waals surface area contributed by atoms with Crippen LogP contribution < -0.4 is 9.80 Å². The number of rotatable bonds is 4. The van der Waals surface area contributed by atoms with Crippen LogP contribution in [0.2, 0.25) is 5.02 Å². The molecule has 2 saturated heterocycles. The van der Waals surface area contributed by atoms with E-state index in [0.717, 1.165) is 60.7 Å². The summed E-state index contributed by atoms with van der Waals surface area (Å²) in [5.74, 6) is 2.62. The van der Waals surface area contributed by atoms with Gasteiger partial charge in [0.25, 0.3) is 0 Å². The molecule has 0 bridgehead atoms. The van der Waals surface area contributed by atoms with E-state index in [1.807, 2.05) is 37.3 Å². The third kappa shape index (κ3) is 4.08. The van der Waals surface area contributed by atoms with Crippen LogP contribution in [0.1, 0.15) is 22.6 Å². The molecule has 0 N–H and O–H groups in total. The lowest BCUT2D eigenvalue weighted by molar-refractivity contribution is -0.130. The van der Waals surface area contributed by atoms with Crippen LogP contribution in [0.4, 0.5) is 11.8 Å². The van der Waals surface area contributed by atoms with Gasteiger partial charge in [0.2, 0.25) is 11.9 Å². The number of pyridine rings is 1. The molecule has 10 nitrogen and oxygen atoms in total. The minimum atomic E-state index is 0.0444. The van der Waals surface area contributed by atoms with Crippen LogP contribution in [-0.2, 0) is 17.9 Å². The van der Waals surface area contributed by atoms with Crippen LogP contribution in [0.25, 0.3) is 5.69 Å². The monoisotopic (exact) mass is 517 g/mol. The Kier molecular flexibility index (Phi) is 5.58. The molecule has 0 aliphatic carbocycles. The number of hydrogen-bond acceptors (Lipinski definition) is 8. The molecule has 0 saturated carbocycles. The van der Waals surface area contributed by atoms with Crippen LogP contribution >= 0.6 is 11.6 Å². The summed E-state index contributed by atoms with van der Waals surface area (Å²) in [6.07, 6.45) is 0. The normalized spacial score (nSPS) is 17.8. The summed E-state index contributed by atoms with van der Waals surface area (Å²) in [6.45, 7) is 6.94. The van der Waals surface area contributed by atoms with E-state index in [1.54, 1.807) is 19.0 Å². The highest BCUT2D eigenvalue weighted by atomic mass is 35.5. The molecule has 0 radical (unpaired) electrons. The second kappa shape index (κ2) is 8.71. The average molecular weight is 518 g/mol. The standard InChI is InChI=1S/C26H28ClN9O/c1-17-18(9-28)4-7-22(29-17)34-13-26(14-34)15-35(16-26)25-31-30-23-11-33(12-24(37)32(2)3)10-19-8-20(27)5-6-21(19)36(23)25/h4-8H,10-16H2,1-3H3. The van der Waals surface area contributed by atoms with Gasteiger partial charge >= 0.3 is 0 Å². The highest BCUT2D eigenvalue weighted by Crippen LogP contribution is 2.44. The molecule has 0 atom stereocenters. The van der Waals surface area contributed by atoms with Gasteiger partial charge in [0.1, 0.15) is 11.9 Å². The van der Waals surface area contributed by atoms with Crippen molar-refractivity contribution in [3.05, 3.63) is 58.0 Å². The van der Waals surface area contributed by atoms with E-state index in [0.29, 0.717) is 30.2 Å². The summed E-state index contributed by atoms with van der Waals surface area (Å²) < 4.78 is 2.13. The Hall–Kier alpha value is -3.68. The highest BCUT2D eigenvalue weighted by Gasteiger charge is 2.53. The largest absolute Gasteiger partial charge is 0.355 e. The van der Waals surface area contributed by atoms with E-state index in [-0.39, 0.29) is 11.3 Å². The quantitative estimate of drug-likeness (QED) is 0.519. The van der Waals surface area contributed by atoms with Gasteiger partial charge in [-0.3, -0.25) is 14.3 Å². The first-order chi connectivity index (χ1) is 17.7. The molecule has 11 heteroatoms. The maximum Gasteiger partial charge on any atom is 0.236 e. The van der Waals surface area contributed by atoms with E-state index in [9.17, 15) is 10.1 Å². The van der Waals surface area contributed by atoms with Crippen molar-refractivity contribution in [1.82, 2.24) is 29.5 Å². The number of likely N-dealkylation sites (N-methyl/N-ethyl adjacent to an activating group) is 1. The topological polar surface area (TPSA) is 97.4 Å². The number of carbonyl (C=O) groups is 1. The summed E-state index contributed by atoms with van der Waals surface area (Å²) in [7, 11) is 3.54. The van der Waals surface area contributed by atoms with E-state index < -0.39 is 0 Å². The predicted octanol–water partition coefficient (Wildman–Crippen LogP) is 2.23.